The van der Waals surface area contributed by atoms with Gasteiger partial charge < -0.3 is 15.2 Å². The molecule has 0 aliphatic heterocycles. The smallest absolute Gasteiger partial charge is 0.407 e. The van der Waals surface area contributed by atoms with Gasteiger partial charge in [-0.2, -0.15) is 0 Å². The maximum absolute atomic E-state index is 11.3. The number of carbonyl (C=O) groups is 2. The summed E-state index contributed by atoms with van der Waals surface area (Å²) in [5.74, 6) is -0.853. The van der Waals surface area contributed by atoms with E-state index in [0.29, 0.717) is 6.61 Å². The minimum atomic E-state index is -0.853. The third-order valence-electron chi connectivity index (χ3n) is 2.82. The molecule has 0 aromatic heterocycles. The fraction of sp³-hybridized carbons (Fsp3) is 0.500. The number of aliphatic carboxylic acids is 1. The van der Waals surface area contributed by atoms with Crippen molar-refractivity contribution in [1.29, 1.82) is 0 Å². The number of ether oxygens (including phenoxy) is 1. The van der Waals surface area contributed by atoms with E-state index in [-0.39, 0.29) is 12.5 Å². The van der Waals surface area contributed by atoms with Gasteiger partial charge in [-0.3, -0.25) is 4.79 Å². The van der Waals surface area contributed by atoms with Crippen LogP contribution in [0.1, 0.15) is 50.4 Å². The van der Waals surface area contributed by atoms with E-state index < -0.39 is 12.1 Å². The highest BCUT2D eigenvalue weighted by molar-refractivity contribution is 5.71. The van der Waals surface area contributed by atoms with Gasteiger partial charge in [0.05, 0.1) is 19.1 Å². The first-order chi connectivity index (χ1) is 9.93. The third-order valence-corrected chi connectivity index (χ3v) is 2.82. The Bertz CT molecular complexity index is 471. The lowest BCUT2D eigenvalue weighted by atomic mass is 9.99. The van der Waals surface area contributed by atoms with Gasteiger partial charge in [-0.1, -0.05) is 32.0 Å². The number of hydrogen-bond donors (Lipinski definition) is 2. The predicted octanol–water partition coefficient (Wildman–Crippen LogP) is 3.46. The van der Waals surface area contributed by atoms with Gasteiger partial charge in [0.2, 0.25) is 0 Å². The molecule has 0 bridgehead atoms. The van der Waals surface area contributed by atoms with Crippen molar-refractivity contribution in [2.75, 3.05) is 6.61 Å². The molecule has 1 aromatic carbocycles. The minimum Gasteiger partial charge on any atom is -0.481 e. The molecule has 0 radical (unpaired) electrons. The number of amides is 1. The lowest BCUT2D eigenvalue weighted by molar-refractivity contribution is -0.136. The minimum absolute atomic E-state index is 0.00575. The third kappa shape index (κ3) is 6.79. The van der Waals surface area contributed by atoms with E-state index in [4.69, 9.17) is 9.84 Å². The SMILES string of the molecule is CC.CCOC(=O)NC(C)c1ccc(CC(=O)O)c(C)c1. The maximum atomic E-state index is 11.3. The Kier molecular flexibility index (Phi) is 8.85. The number of carboxylic acids is 1. The Labute approximate surface area is 126 Å². The summed E-state index contributed by atoms with van der Waals surface area (Å²) in [6.45, 7) is 9.78. The summed E-state index contributed by atoms with van der Waals surface area (Å²) in [5.41, 5.74) is 2.59. The number of carboxylic acid groups (broad SMARTS) is 1. The number of carbonyl (C=O) groups excluding carboxylic acids is 1. The summed E-state index contributed by atoms with van der Waals surface area (Å²) >= 11 is 0. The average Bonchev–Trinajstić information content (AvgIpc) is 2.43. The fourth-order valence-corrected chi connectivity index (χ4v) is 1.78. The molecule has 1 rings (SSSR count). The van der Waals surface area contributed by atoms with Crippen LogP contribution in [0.15, 0.2) is 18.2 Å². The zero-order valence-corrected chi connectivity index (χ0v) is 13.4. The largest absolute Gasteiger partial charge is 0.481 e. The summed E-state index contributed by atoms with van der Waals surface area (Å²) in [6, 6.07) is 5.30. The molecule has 1 aromatic rings. The van der Waals surface area contributed by atoms with Crippen LogP contribution < -0.4 is 5.32 Å². The predicted molar refractivity (Wildman–Crippen MR) is 82.4 cm³/mol. The number of hydrogen-bond acceptors (Lipinski definition) is 3. The molecular formula is C16H25NO4. The number of alkyl carbamates (subject to hydrolysis) is 1. The van der Waals surface area contributed by atoms with Gasteiger partial charge in [0.1, 0.15) is 0 Å². The Hall–Kier alpha value is -2.04. The second-order valence-electron chi connectivity index (χ2n) is 4.34. The van der Waals surface area contributed by atoms with Crippen LogP contribution in [0, 0.1) is 6.92 Å². The number of rotatable bonds is 5. The topological polar surface area (TPSA) is 75.6 Å². The van der Waals surface area contributed by atoms with Gasteiger partial charge in [-0.05, 0) is 37.5 Å². The average molecular weight is 295 g/mol. The lowest BCUT2D eigenvalue weighted by Gasteiger charge is -2.15. The normalized spacial score (nSPS) is 10.9. The monoisotopic (exact) mass is 295 g/mol. The van der Waals surface area contributed by atoms with Gasteiger partial charge in [0.15, 0.2) is 0 Å². The van der Waals surface area contributed by atoms with Crippen LogP contribution in [-0.4, -0.2) is 23.8 Å². The summed E-state index contributed by atoms with van der Waals surface area (Å²) in [5, 5.41) is 11.5. The van der Waals surface area contributed by atoms with Crippen LogP contribution in [-0.2, 0) is 16.0 Å². The van der Waals surface area contributed by atoms with Gasteiger partial charge in [0.25, 0.3) is 0 Å². The molecule has 0 spiro atoms. The van der Waals surface area contributed by atoms with Gasteiger partial charge in [-0.15, -0.1) is 0 Å². The van der Waals surface area contributed by atoms with Crippen molar-refractivity contribution in [2.24, 2.45) is 0 Å². The Morgan fingerprint density at radius 1 is 1.33 bits per heavy atom. The molecule has 2 N–H and O–H groups in total. The number of benzene rings is 1. The first-order valence-corrected chi connectivity index (χ1v) is 7.18. The van der Waals surface area contributed by atoms with Crippen molar-refractivity contribution >= 4 is 12.1 Å². The van der Waals surface area contributed by atoms with E-state index in [9.17, 15) is 9.59 Å². The van der Waals surface area contributed by atoms with E-state index in [1.807, 2.05) is 39.8 Å². The van der Waals surface area contributed by atoms with E-state index in [1.165, 1.54) is 0 Å². The molecule has 0 aliphatic rings. The van der Waals surface area contributed by atoms with Crippen molar-refractivity contribution in [3.05, 3.63) is 34.9 Å². The zero-order chi connectivity index (χ0) is 16.4. The van der Waals surface area contributed by atoms with Crippen LogP contribution >= 0.6 is 0 Å². The maximum Gasteiger partial charge on any atom is 0.407 e. The zero-order valence-electron chi connectivity index (χ0n) is 13.4. The second-order valence-corrected chi connectivity index (χ2v) is 4.34. The van der Waals surface area contributed by atoms with Gasteiger partial charge in [-0.25, -0.2) is 4.79 Å². The highest BCUT2D eigenvalue weighted by Gasteiger charge is 2.12. The Morgan fingerprint density at radius 3 is 2.43 bits per heavy atom. The molecule has 118 valence electrons. The molecule has 0 aliphatic carbocycles. The fourth-order valence-electron chi connectivity index (χ4n) is 1.78. The standard InChI is InChI=1S/C14H19NO4.C2H6/c1-4-19-14(18)15-10(3)12-6-5-11(8-13(16)17)9(2)7-12;1-2/h5-7,10H,4,8H2,1-3H3,(H,15,18)(H,16,17);1-2H3. The van der Waals surface area contributed by atoms with Crippen LogP contribution in [0.5, 0.6) is 0 Å². The molecular weight excluding hydrogens is 270 g/mol. The number of nitrogens with one attached hydrogen (secondary N) is 1. The van der Waals surface area contributed by atoms with E-state index in [0.717, 1.165) is 16.7 Å². The summed E-state index contributed by atoms with van der Waals surface area (Å²) in [4.78, 5) is 22.0. The molecule has 0 fully saturated rings. The van der Waals surface area contributed by atoms with E-state index >= 15 is 0 Å². The van der Waals surface area contributed by atoms with Gasteiger partial charge in [0, 0.05) is 0 Å². The van der Waals surface area contributed by atoms with Crippen LogP contribution in [0.3, 0.4) is 0 Å². The molecule has 5 heteroatoms. The van der Waals surface area contributed by atoms with Crippen molar-refractivity contribution in [1.82, 2.24) is 5.32 Å². The Balaban J connectivity index is 0.00000191. The molecule has 21 heavy (non-hydrogen) atoms. The van der Waals surface area contributed by atoms with Crippen molar-refractivity contribution in [3.63, 3.8) is 0 Å². The highest BCUT2D eigenvalue weighted by atomic mass is 16.5. The van der Waals surface area contributed by atoms with Crippen LogP contribution in [0.25, 0.3) is 0 Å². The van der Waals surface area contributed by atoms with Gasteiger partial charge >= 0.3 is 12.1 Å². The van der Waals surface area contributed by atoms with Crippen molar-refractivity contribution < 1.29 is 19.4 Å². The summed E-state index contributed by atoms with van der Waals surface area (Å²) < 4.78 is 4.81. The molecule has 0 saturated heterocycles. The molecule has 0 saturated carbocycles. The van der Waals surface area contributed by atoms with Crippen molar-refractivity contribution in [3.8, 4) is 0 Å². The molecule has 1 unspecified atom stereocenters. The molecule has 1 atom stereocenters. The summed E-state index contributed by atoms with van der Waals surface area (Å²) in [6.07, 6.45) is -0.450. The number of aryl methyl sites for hydroxylation is 1. The molecule has 1 amide bonds. The first kappa shape index (κ1) is 19.0. The van der Waals surface area contributed by atoms with Crippen LogP contribution in [0.2, 0.25) is 0 Å². The Morgan fingerprint density at radius 2 is 1.95 bits per heavy atom. The van der Waals surface area contributed by atoms with Crippen LogP contribution in [0.4, 0.5) is 4.79 Å². The van der Waals surface area contributed by atoms with Crippen molar-refractivity contribution in [2.45, 2.75) is 47.1 Å². The second kappa shape index (κ2) is 9.80. The quantitative estimate of drug-likeness (QED) is 0.872. The lowest BCUT2D eigenvalue weighted by Crippen LogP contribution is -2.27. The summed E-state index contributed by atoms with van der Waals surface area (Å²) in [7, 11) is 0. The highest BCUT2D eigenvalue weighted by Crippen LogP contribution is 2.18. The molecule has 5 nitrogen and oxygen atoms in total. The molecule has 0 heterocycles. The van der Waals surface area contributed by atoms with E-state index in [2.05, 4.69) is 5.32 Å². The first-order valence-electron chi connectivity index (χ1n) is 7.18. The van der Waals surface area contributed by atoms with E-state index in [1.54, 1.807) is 13.0 Å².